The highest BCUT2D eigenvalue weighted by Gasteiger charge is 2.34. The van der Waals surface area contributed by atoms with Gasteiger partial charge in [-0.2, -0.15) is 0 Å². The Morgan fingerprint density at radius 3 is 2.57 bits per heavy atom. The first kappa shape index (κ1) is 15.9. The summed E-state index contributed by atoms with van der Waals surface area (Å²) in [6, 6.07) is 10.1. The average molecular weight is 287 g/mol. The van der Waals surface area contributed by atoms with Crippen molar-refractivity contribution in [2.24, 2.45) is 11.3 Å². The Morgan fingerprint density at radius 1 is 1.24 bits per heavy atom. The van der Waals surface area contributed by atoms with Crippen LogP contribution >= 0.6 is 0 Å². The van der Waals surface area contributed by atoms with Crippen LogP contribution in [0.5, 0.6) is 0 Å². The Kier molecular flexibility index (Phi) is 4.93. The van der Waals surface area contributed by atoms with E-state index in [1.807, 2.05) is 25.3 Å². The highest BCUT2D eigenvalue weighted by atomic mass is 16.5. The molecule has 4 nitrogen and oxygen atoms in total. The lowest BCUT2D eigenvalue weighted by molar-refractivity contribution is -0.0364. The normalized spacial score (nSPS) is 15.1. The first-order valence-electron chi connectivity index (χ1n) is 7.40. The van der Waals surface area contributed by atoms with E-state index in [4.69, 9.17) is 10.6 Å². The third-order valence-electron chi connectivity index (χ3n) is 3.68. The molecule has 0 amide bonds. The van der Waals surface area contributed by atoms with Gasteiger partial charge in [0, 0.05) is 18.2 Å². The number of ether oxygens (including phenoxy) is 1. The summed E-state index contributed by atoms with van der Waals surface area (Å²) in [5.74, 6) is 5.87. The maximum atomic E-state index is 5.99. The maximum Gasteiger partial charge on any atom is 0.0831 e. The minimum Gasteiger partial charge on any atom is -0.376 e. The molecule has 0 saturated heterocycles. The van der Waals surface area contributed by atoms with Gasteiger partial charge in [0.1, 0.15) is 0 Å². The second-order valence-electron chi connectivity index (χ2n) is 6.31. The molecule has 1 aromatic heterocycles. The second-order valence-corrected chi connectivity index (χ2v) is 6.31. The van der Waals surface area contributed by atoms with Crippen LogP contribution in [0, 0.1) is 5.41 Å². The van der Waals surface area contributed by atoms with Gasteiger partial charge in [0.15, 0.2) is 0 Å². The zero-order chi connectivity index (χ0) is 15.5. The lowest BCUT2D eigenvalue weighted by Gasteiger charge is -2.36. The van der Waals surface area contributed by atoms with E-state index in [1.165, 1.54) is 0 Å². The molecule has 0 saturated carbocycles. The van der Waals surface area contributed by atoms with Crippen LogP contribution in [0.1, 0.15) is 39.3 Å². The molecule has 2 atom stereocenters. The Morgan fingerprint density at radius 2 is 1.95 bits per heavy atom. The first-order valence-corrected chi connectivity index (χ1v) is 7.40. The van der Waals surface area contributed by atoms with Crippen molar-refractivity contribution in [3.8, 4) is 0 Å². The van der Waals surface area contributed by atoms with Gasteiger partial charge in [0.05, 0.1) is 17.7 Å². The molecule has 0 fully saturated rings. The number of hydrogen-bond acceptors (Lipinski definition) is 4. The summed E-state index contributed by atoms with van der Waals surface area (Å²) in [6.07, 6.45) is 1.77. The standard InChI is InChI=1S/C17H25N3O/c1-5-21-16(17(2,3)4)15(20-18)13-10-6-8-12-9-7-11-19-14(12)13/h6-11,15-16,20H,5,18H2,1-4H3. The summed E-state index contributed by atoms with van der Waals surface area (Å²) in [5.41, 5.74) is 4.94. The number of nitrogens with one attached hydrogen (secondary N) is 1. The van der Waals surface area contributed by atoms with E-state index in [0.29, 0.717) is 6.61 Å². The van der Waals surface area contributed by atoms with E-state index in [9.17, 15) is 0 Å². The van der Waals surface area contributed by atoms with Gasteiger partial charge in [-0.3, -0.25) is 16.3 Å². The van der Waals surface area contributed by atoms with Gasteiger partial charge in [-0.05, 0) is 24.0 Å². The number of fused-ring (bicyclic) bond motifs is 1. The lowest BCUT2D eigenvalue weighted by atomic mass is 9.81. The van der Waals surface area contributed by atoms with E-state index in [-0.39, 0.29) is 17.6 Å². The number of aromatic nitrogens is 1. The van der Waals surface area contributed by atoms with Gasteiger partial charge in [0.25, 0.3) is 0 Å². The second kappa shape index (κ2) is 6.52. The molecule has 3 N–H and O–H groups in total. The predicted molar refractivity (Wildman–Crippen MR) is 86.7 cm³/mol. The molecule has 114 valence electrons. The lowest BCUT2D eigenvalue weighted by Crippen LogP contribution is -2.44. The van der Waals surface area contributed by atoms with Crippen molar-refractivity contribution in [1.82, 2.24) is 10.4 Å². The van der Waals surface area contributed by atoms with Crippen LogP contribution in [0.25, 0.3) is 10.9 Å². The Hall–Kier alpha value is -1.49. The number of nitrogens with two attached hydrogens (primary N) is 1. The molecule has 2 rings (SSSR count). The fourth-order valence-electron chi connectivity index (χ4n) is 2.74. The molecule has 1 aromatic carbocycles. The van der Waals surface area contributed by atoms with Crippen LogP contribution in [-0.2, 0) is 4.74 Å². The van der Waals surface area contributed by atoms with E-state index < -0.39 is 0 Å². The minimum absolute atomic E-state index is 0.0377. The number of pyridine rings is 1. The molecular weight excluding hydrogens is 262 g/mol. The smallest absolute Gasteiger partial charge is 0.0831 e. The molecule has 0 aliphatic rings. The molecule has 0 spiro atoms. The number of para-hydroxylation sites is 1. The van der Waals surface area contributed by atoms with Gasteiger partial charge in [-0.15, -0.1) is 0 Å². The van der Waals surface area contributed by atoms with E-state index in [1.54, 1.807) is 0 Å². The highest BCUT2D eigenvalue weighted by molar-refractivity contribution is 5.82. The average Bonchev–Trinajstić information content (AvgIpc) is 2.46. The van der Waals surface area contributed by atoms with Gasteiger partial charge < -0.3 is 4.74 Å². The topological polar surface area (TPSA) is 60.2 Å². The van der Waals surface area contributed by atoms with Crippen molar-refractivity contribution >= 4 is 10.9 Å². The third kappa shape index (κ3) is 3.40. The minimum atomic E-state index is -0.108. The van der Waals surface area contributed by atoms with Crippen LogP contribution in [0.4, 0.5) is 0 Å². The zero-order valence-corrected chi connectivity index (χ0v) is 13.3. The molecule has 0 bridgehead atoms. The molecule has 1 heterocycles. The van der Waals surface area contributed by atoms with E-state index >= 15 is 0 Å². The third-order valence-corrected chi connectivity index (χ3v) is 3.68. The molecule has 0 aliphatic carbocycles. The summed E-state index contributed by atoms with van der Waals surface area (Å²) in [6.45, 7) is 9.15. The quantitative estimate of drug-likeness (QED) is 0.655. The maximum absolute atomic E-state index is 5.99. The summed E-state index contributed by atoms with van der Waals surface area (Å²) in [7, 11) is 0. The van der Waals surface area contributed by atoms with Crippen LogP contribution in [0.3, 0.4) is 0 Å². The highest BCUT2D eigenvalue weighted by Crippen LogP contribution is 2.34. The van der Waals surface area contributed by atoms with Crippen molar-refractivity contribution in [2.45, 2.75) is 39.8 Å². The van der Waals surface area contributed by atoms with Crippen LogP contribution in [0.2, 0.25) is 0 Å². The molecule has 2 aromatic rings. The van der Waals surface area contributed by atoms with Gasteiger partial charge >= 0.3 is 0 Å². The fraction of sp³-hybridized carbons (Fsp3) is 0.471. The molecular formula is C17H25N3O. The summed E-state index contributed by atoms with van der Waals surface area (Å²) < 4.78 is 5.99. The Balaban J connectivity index is 2.52. The molecule has 21 heavy (non-hydrogen) atoms. The monoisotopic (exact) mass is 287 g/mol. The van der Waals surface area contributed by atoms with E-state index in [0.717, 1.165) is 16.5 Å². The zero-order valence-electron chi connectivity index (χ0n) is 13.3. The van der Waals surface area contributed by atoms with Crippen LogP contribution in [0.15, 0.2) is 36.5 Å². The van der Waals surface area contributed by atoms with Gasteiger partial charge in [-0.25, -0.2) is 0 Å². The van der Waals surface area contributed by atoms with Gasteiger partial charge in [0.2, 0.25) is 0 Å². The number of nitrogens with zero attached hydrogens (tertiary/aromatic N) is 1. The molecule has 4 heteroatoms. The fourth-order valence-corrected chi connectivity index (χ4v) is 2.74. The Bertz CT molecular complexity index is 587. The number of rotatable bonds is 5. The van der Waals surface area contributed by atoms with Crippen molar-refractivity contribution in [3.05, 3.63) is 42.1 Å². The number of benzene rings is 1. The largest absolute Gasteiger partial charge is 0.376 e. The molecule has 2 unspecified atom stereocenters. The van der Waals surface area contributed by atoms with Crippen molar-refractivity contribution in [1.29, 1.82) is 0 Å². The summed E-state index contributed by atoms with van der Waals surface area (Å²) in [4.78, 5) is 4.52. The number of hydrogen-bond donors (Lipinski definition) is 2. The number of hydrazine groups is 1. The summed E-state index contributed by atoms with van der Waals surface area (Å²) >= 11 is 0. The van der Waals surface area contributed by atoms with E-state index in [2.05, 4.69) is 49.4 Å². The summed E-state index contributed by atoms with van der Waals surface area (Å²) in [5, 5.41) is 1.11. The van der Waals surface area contributed by atoms with Crippen LogP contribution in [-0.4, -0.2) is 17.7 Å². The molecule has 0 aliphatic heterocycles. The Labute approximate surface area is 126 Å². The van der Waals surface area contributed by atoms with Crippen molar-refractivity contribution in [2.75, 3.05) is 6.61 Å². The first-order chi connectivity index (χ1) is 9.99. The van der Waals surface area contributed by atoms with Crippen molar-refractivity contribution < 1.29 is 4.74 Å². The predicted octanol–water partition coefficient (Wildman–Crippen LogP) is 3.19. The molecule has 0 radical (unpaired) electrons. The van der Waals surface area contributed by atoms with Gasteiger partial charge in [-0.1, -0.05) is 45.0 Å². The van der Waals surface area contributed by atoms with Crippen LogP contribution < -0.4 is 11.3 Å². The SMILES string of the molecule is CCOC(C(NN)c1cccc2cccnc12)C(C)(C)C. The van der Waals surface area contributed by atoms with Crippen molar-refractivity contribution in [3.63, 3.8) is 0 Å².